The van der Waals surface area contributed by atoms with Crippen LogP contribution in [-0.2, 0) is 11.2 Å². The number of nitrogens with zero attached hydrogens (tertiary/aromatic N) is 1. The summed E-state index contributed by atoms with van der Waals surface area (Å²) in [5.74, 6) is 0.926. The Labute approximate surface area is 115 Å². The monoisotopic (exact) mass is 312 g/mol. The topological polar surface area (TPSA) is 41.6 Å². The normalized spacial score (nSPS) is 15.6. The molecule has 1 aliphatic heterocycles. The van der Waals surface area contributed by atoms with E-state index in [1.807, 2.05) is 23.1 Å². The van der Waals surface area contributed by atoms with Crippen LogP contribution in [0.1, 0.15) is 5.56 Å². The molecule has 0 aliphatic carbocycles. The van der Waals surface area contributed by atoms with E-state index in [0.717, 1.165) is 42.0 Å². The fourth-order valence-electron chi connectivity index (χ4n) is 2.07. The molecule has 1 saturated heterocycles. The van der Waals surface area contributed by atoms with Crippen LogP contribution in [0, 0.1) is 0 Å². The number of nitrogens with one attached hydrogen (secondary N) is 1. The summed E-state index contributed by atoms with van der Waals surface area (Å²) in [6.45, 7) is 3.33. The maximum atomic E-state index is 12.2. The van der Waals surface area contributed by atoms with E-state index in [1.165, 1.54) is 0 Å². The van der Waals surface area contributed by atoms with Gasteiger partial charge in [-0.1, -0.05) is 15.9 Å². The number of halogens is 1. The Balaban J connectivity index is 2.07. The Morgan fingerprint density at radius 2 is 2.17 bits per heavy atom. The fourth-order valence-corrected chi connectivity index (χ4v) is 2.48. The lowest BCUT2D eigenvalue weighted by atomic mass is 10.1. The second-order valence-electron chi connectivity index (χ2n) is 4.26. The zero-order valence-corrected chi connectivity index (χ0v) is 12.0. The summed E-state index contributed by atoms with van der Waals surface area (Å²) in [4.78, 5) is 14.1. The summed E-state index contributed by atoms with van der Waals surface area (Å²) in [6.07, 6.45) is 0.391. The molecule has 0 radical (unpaired) electrons. The van der Waals surface area contributed by atoms with E-state index in [0.29, 0.717) is 6.42 Å². The lowest BCUT2D eigenvalue weighted by Crippen LogP contribution is -2.46. The zero-order valence-electron chi connectivity index (χ0n) is 10.4. The molecule has 1 aliphatic rings. The van der Waals surface area contributed by atoms with Crippen molar-refractivity contribution in [3.63, 3.8) is 0 Å². The average molecular weight is 313 g/mol. The summed E-state index contributed by atoms with van der Waals surface area (Å²) < 4.78 is 6.25. The molecule has 4 nitrogen and oxygen atoms in total. The minimum atomic E-state index is 0.160. The maximum Gasteiger partial charge on any atom is 0.227 e. The molecular weight excluding hydrogens is 296 g/mol. The number of ether oxygens (including phenoxy) is 1. The van der Waals surface area contributed by atoms with E-state index in [1.54, 1.807) is 7.11 Å². The standard InChI is InChI=1S/C13H17BrN2O2/c1-18-12-3-2-11(14)8-10(12)9-13(17)16-6-4-15-5-7-16/h2-3,8,15H,4-7,9H2,1H3. The van der Waals surface area contributed by atoms with Gasteiger partial charge in [0.25, 0.3) is 0 Å². The van der Waals surface area contributed by atoms with Crippen LogP contribution in [0.3, 0.4) is 0 Å². The lowest BCUT2D eigenvalue weighted by Gasteiger charge is -2.27. The summed E-state index contributed by atoms with van der Waals surface area (Å²) in [5, 5.41) is 3.24. The highest BCUT2D eigenvalue weighted by Gasteiger charge is 2.18. The van der Waals surface area contributed by atoms with E-state index >= 15 is 0 Å². The molecule has 1 fully saturated rings. The van der Waals surface area contributed by atoms with Crippen molar-refractivity contribution >= 4 is 21.8 Å². The highest BCUT2D eigenvalue weighted by molar-refractivity contribution is 9.10. The quantitative estimate of drug-likeness (QED) is 0.918. The lowest BCUT2D eigenvalue weighted by molar-refractivity contribution is -0.131. The largest absolute Gasteiger partial charge is 0.496 e. The molecule has 0 atom stereocenters. The third-order valence-corrected chi connectivity index (χ3v) is 3.55. The van der Waals surface area contributed by atoms with Crippen LogP contribution in [0.5, 0.6) is 5.75 Å². The van der Waals surface area contributed by atoms with Gasteiger partial charge in [0.05, 0.1) is 13.5 Å². The highest BCUT2D eigenvalue weighted by Crippen LogP contribution is 2.23. The van der Waals surface area contributed by atoms with Crippen molar-refractivity contribution < 1.29 is 9.53 Å². The van der Waals surface area contributed by atoms with Gasteiger partial charge in [-0.2, -0.15) is 0 Å². The molecule has 5 heteroatoms. The molecule has 1 N–H and O–H groups in total. The number of methoxy groups -OCH3 is 1. The molecular formula is C13H17BrN2O2. The Hall–Kier alpha value is -1.07. The van der Waals surface area contributed by atoms with Gasteiger partial charge in [0.2, 0.25) is 5.91 Å². The number of amides is 1. The molecule has 0 unspecified atom stereocenters. The molecule has 1 aromatic carbocycles. The third-order valence-electron chi connectivity index (χ3n) is 3.05. The number of rotatable bonds is 3. The van der Waals surface area contributed by atoms with Crippen molar-refractivity contribution in [3.05, 3.63) is 28.2 Å². The van der Waals surface area contributed by atoms with Gasteiger partial charge in [-0.25, -0.2) is 0 Å². The molecule has 98 valence electrons. The first-order chi connectivity index (χ1) is 8.70. The van der Waals surface area contributed by atoms with Crippen LogP contribution in [0.25, 0.3) is 0 Å². The fraction of sp³-hybridized carbons (Fsp3) is 0.462. The first-order valence-corrected chi connectivity index (χ1v) is 6.81. The highest BCUT2D eigenvalue weighted by atomic mass is 79.9. The Morgan fingerprint density at radius 1 is 1.44 bits per heavy atom. The van der Waals surface area contributed by atoms with Crippen molar-refractivity contribution in [2.75, 3.05) is 33.3 Å². The zero-order chi connectivity index (χ0) is 13.0. The van der Waals surface area contributed by atoms with Crippen LogP contribution >= 0.6 is 15.9 Å². The Kier molecular flexibility index (Phi) is 4.60. The Morgan fingerprint density at radius 3 is 2.83 bits per heavy atom. The first-order valence-electron chi connectivity index (χ1n) is 6.01. The number of hydrogen-bond donors (Lipinski definition) is 1. The van der Waals surface area contributed by atoms with E-state index < -0.39 is 0 Å². The van der Waals surface area contributed by atoms with E-state index in [9.17, 15) is 4.79 Å². The number of carbonyl (C=O) groups excluding carboxylic acids is 1. The van der Waals surface area contributed by atoms with Crippen LogP contribution in [0.4, 0.5) is 0 Å². The summed E-state index contributed by atoms with van der Waals surface area (Å²) in [5.41, 5.74) is 0.926. The molecule has 18 heavy (non-hydrogen) atoms. The van der Waals surface area contributed by atoms with Crippen LogP contribution in [-0.4, -0.2) is 44.1 Å². The van der Waals surface area contributed by atoms with Gasteiger partial charge in [0, 0.05) is 36.2 Å². The first kappa shape index (κ1) is 13.4. The van der Waals surface area contributed by atoms with Gasteiger partial charge >= 0.3 is 0 Å². The van der Waals surface area contributed by atoms with Crippen molar-refractivity contribution in [1.82, 2.24) is 10.2 Å². The number of carbonyl (C=O) groups is 1. The molecule has 0 spiro atoms. The van der Waals surface area contributed by atoms with E-state index in [-0.39, 0.29) is 5.91 Å². The predicted octanol–water partition coefficient (Wildman–Crippen LogP) is 1.43. The molecule has 2 rings (SSSR count). The number of hydrogen-bond acceptors (Lipinski definition) is 3. The van der Waals surface area contributed by atoms with Gasteiger partial charge in [-0.05, 0) is 18.2 Å². The molecule has 0 aromatic heterocycles. The number of benzene rings is 1. The van der Waals surface area contributed by atoms with Crippen molar-refractivity contribution in [1.29, 1.82) is 0 Å². The van der Waals surface area contributed by atoms with Gasteiger partial charge in [-0.3, -0.25) is 4.79 Å². The number of piperazine rings is 1. The summed E-state index contributed by atoms with van der Waals surface area (Å²) in [7, 11) is 1.63. The van der Waals surface area contributed by atoms with Gasteiger partial charge in [-0.15, -0.1) is 0 Å². The summed E-state index contributed by atoms with van der Waals surface area (Å²) in [6, 6.07) is 5.74. The minimum absolute atomic E-state index is 0.160. The van der Waals surface area contributed by atoms with Gasteiger partial charge < -0.3 is 15.0 Å². The molecule has 0 saturated carbocycles. The van der Waals surface area contributed by atoms with Crippen molar-refractivity contribution in [3.8, 4) is 5.75 Å². The van der Waals surface area contributed by atoms with E-state index in [2.05, 4.69) is 21.2 Å². The maximum absolute atomic E-state index is 12.2. The molecule has 0 bridgehead atoms. The second-order valence-corrected chi connectivity index (χ2v) is 5.18. The van der Waals surface area contributed by atoms with Crippen molar-refractivity contribution in [2.24, 2.45) is 0 Å². The Bertz CT molecular complexity index is 431. The van der Waals surface area contributed by atoms with Crippen LogP contribution < -0.4 is 10.1 Å². The average Bonchev–Trinajstić information content (AvgIpc) is 2.40. The molecule has 1 heterocycles. The van der Waals surface area contributed by atoms with Gasteiger partial charge in [0.1, 0.15) is 5.75 Å². The third kappa shape index (κ3) is 3.23. The minimum Gasteiger partial charge on any atom is -0.496 e. The SMILES string of the molecule is COc1ccc(Br)cc1CC(=O)N1CCNCC1. The van der Waals surface area contributed by atoms with Crippen LogP contribution in [0.2, 0.25) is 0 Å². The molecule has 1 amide bonds. The summed E-state index contributed by atoms with van der Waals surface area (Å²) >= 11 is 3.42. The predicted molar refractivity (Wildman–Crippen MR) is 73.8 cm³/mol. The second kappa shape index (κ2) is 6.20. The van der Waals surface area contributed by atoms with Crippen molar-refractivity contribution in [2.45, 2.75) is 6.42 Å². The smallest absolute Gasteiger partial charge is 0.227 e. The van der Waals surface area contributed by atoms with Crippen LogP contribution in [0.15, 0.2) is 22.7 Å². The van der Waals surface area contributed by atoms with Gasteiger partial charge in [0.15, 0.2) is 0 Å². The molecule has 1 aromatic rings. The van der Waals surface area contributed by atoms with E-state index in [4.69, 9.17) is 4.74 Å².